The molecule has 1 amide bonds. The zero-order valence-corrected chi connectivity index (χ0v) is 16.6. The van der Waals surface area contributed by atoms with E-state index in [2.05, 4.69) is 32.0 Å². The van der Waals surface area contributed by atoms with Crippen molar-refractivity contribution in [2.24, 2.45) is 0 Å². The van der Waals surface area contributed by atoms with Gasteiger partial charge in [0.05, 0.1) is 23.4 Å². The summed E-state index contributed by atoms with van der Waals surface area (Å²) in [5.74, 6) is 0.963. The van der Waals surface area contributed by atoms with Gasteiger partial charge in [-0.25, -0.2) is 9.97 Å². The molecule has 0 spiro atoms. The zero-order valence-electron chi connectivity index (χ0n) is 15.8. The first-order chi connectivity index (χ1) is 13.0. The maximum Gasteiger partial charge on any atom is 0.259 e. The lowest BCUT2D eigenvalue weighted by atomic mass is 10.2. The molecule has 7 nitrogen and oxygen atoms in total. The van der Waals surface area contributed by atoms with E-state index in [1.807, 2.05) is 6.92 Å². The highest BCUT2D eigenvalue weighted by molar-refractivity contribution is 6.32. The normalized spacial score (nSPS) is 14.9. The Kier molecular flexibility index (Phi) is 6.13. The SMILES string of the molecule is CCN1CCN(c2ncc(C(=O)Nc3ccc(OC)c(Cl)c3)c(C)n2)CC1. The van der Waals surface area contributed by atoms with Gasteiger partial charge < -0.3 is 19.9 Å². The Morgan fingerprint density at radius 1 is 1.30 bits per heavy atom. The highest BCUT2D eigenvalue weighted by atomic mass is 35.5. The number of nitrogens with zero attached hydrogens (tertiary/aromatic N) is 4. The van der Waals surface area contributed by atoms with Crippen LogP contribution in [0.5, 0.6) is 5.75 Å². The first kappa shape index (κ1) is 19.4. The van der Waals surface area contributed by atoms with Gasteiger partial charge in [-0.05, 0) is 31.7 Å². The molecule has 1 aromatic heterocycles. The Morgan fingerprint density at radius 2 is 2.04 bits per heavy atom. The molecule has 1 saturated heterocycles. The molecule has 2 aromatic rings. The van der Waals surface area contributed by atoms with Crippen LogP contribution in [0.4, 0.5) is 11.6 Å². The Hall–Kier alpha value is -2.38. The van der Waals surface area contributed by atoms with Crippen LogP contribution < -0.4 is 15.0 Å². The van der Waals surface area contributed by atoms with Crippen LogP contribution in [0.25, 0.3) is 0 Å². The van der Waals surface area contributed by atoms with E-state index < -0.39 is 0 Å². The van der Waals surface area contributed by atoms with Gasteiger partial charge in [-0.3, -0.25) is 4.79 Å². The number of likely N-dealkylation sites (N-methyl/N-ethyl adjacent to an activating group) is 1. The van der Waals surface area contributed by atoms with Gasteiger partial charge in [0.25, 0.3) is 5.91 Å². The molecule has 0 radical (unpaired) electrons. The summed E-state index contributed by atoms with van der Waals surface area (Å²) in [6.07, 6.45) is 1.59. The van der Waals surface area contributed by atoms with Crippen molar-refractivity contribution < 1.29 is 9.53 Å². The largest absolute Gasteiger partial charge is 0.495 e. The monoisotopic (exact) mass is 389 g/mol. The fraction of sp³-hybridized carbons (Fsp3) is 0.421. The summed E-state index contributed by atoms with van der Waals surface area (Å²) in [6, 6.07) is 5.09. The number of aryl methyl sites for hydroxylation is 1. The van der Waals surface area contributed by atoms with E-state index in [1.165, 1.54) is 0 Å². The van der Waals surface area contributed by atoms with E-state index in [9.17, 15) is 4.79 Å². The van der Waals surface area contributed by atoms with Crippen LogP contribution in [0.2, 0.25) is 5.02 Å². The highest BCUT2D eigenvalue weighted by Gasteiger charge is 2.20. The van der Waals surface area contributed by atoms with Gasteiger partial charge >= 0.3 is 0 Å². The molecule has 1 N–H and O–H groups in total. The number of piperazine rings is 1. The molecule has 0 bridgehead atoms. The number of amides is 1. The average Bonchev–Trinajstić information content (AvgIpc) is 2.68. The number of carbonyl (C=O) groups is 1. The van der Waals surface area contributed by atoms with E-state index in [0.29, 0.717) is 33.7 Å². The molecule has 3 rings (SSSR count). The van der Waals surface area contributed by atoms with E-state index in [0.717, 1.165) is 32.7 Å². The summed E-state index contributed by atoms with van der Waals surface area (Å²) in [5, 5.41) is 3.26. The van der Waals surface area contributed by atoms with Crippen LogP contribution in [0.1, 0.15) is 23.0 Å². The molecule has 0 saturated carbocycles. The second-order valence-electron chi connectivity index (χ2n) is 6.39. The van der Waals surface area contributed by atoms with Crippen LogP contribution in [0.15, 0.2) is 24.4 Å². The minimum atomic E-state index is -0.268. The van der Waals surface area contributed by atoms with Crippen LogP contribution in [0, 0.1) is 6.92 Å². The van der Waals surface area contributed by atoms with Gasteiger partial charge in [-0.15, -0.1) is 0 Å². The van der Waals surface area contributed by atoms with Crippen LogP contribution in [-0.4, -0.2) is 60.6 Å². The van der Waals surface area contributed by atoms with Crippen LogP contribution in [0.3, 0.4) is 0 Å². The first-order valence-electron chi connectivity index (χ1n) is 8.97. The Bertz CT molecular complexity index is 822. The van der Waals surface area contributed by atoms with Crippen molar-refractivity contribution >= 4 is 29.1 Å². The summed E-state index contributed by atoms with van der Waals surface area (Å²) < 4.78 is 5.12. The van der Waals surface area contributed by atoms with Crippen LogP contribution >= 0.6 is 11.6 Å². The van der Waals surface area contributed by atoms with Crippen molar-refractivity contribution in [3.8, 4) is 5.75 Å². The summed E-state index contributed by atoms with van der Waals surface area (Å²) in [7, 11) is 1.55. The highest BCUT2D eigenvalue weighted by Crippen LogP contribution is 2.27. The number of aromatic nitrogens is 2. The zero-order chi connectivity index (χ0) is 19.4. The Labute approximate surface area is 164 Å². The number of benzene rings is 1. The van der Waals surface area contributed by atoms with Crippen molar-refractivity contribution in [2.75, 3.05) is 50.1 Å². The van der Waals surface area contributed by atoms with Gasteiger partial charge in [0.1, 0.15) is 5.75 Å². The molecular weight excluding hydrogens is 366 g/mol. The molecule has 0 unspecified atom stereocenters. The molecule has 0 atom stereocenters. The summed E-state index contributed by atoms with van der Waals surface area (Å²) in [4.78, 5) is 26.1. The van der Waals surface area contributed by atoms with Gasteiger partial charge in [0.2, 0.25) is 5.95 Å². The molecule has 1 aliphatic rings. The van der Waals surface area contributed by atoms with Gasteiger partial charge in [0, 0.05) is 38.1 Å². The van der Waals surface area contributed by atoms with E-state index >= 15 is 0 Å². The number of carbonyl (C=O) groups excluding carboxylic acids is 1. The minimum Gasteiger partial charge on any atom is -0.495 e. The van der Waals surface area contributed by atoms with Crippen molar-refractivity contribution in [1.82, 2.24) is 14.9 Å². The minimum absolute atomic E-state index is 0.268. The Balaban J connectivity index is 1.70. The summed E-state index contributed by atoms with van der Waals surface area (Å²) >= 11 is 6.11. The second-order valence-corrected chi connectivity index (χ2v) is 6.80. The molecule has 1 fully saturated rings. The molecule has 1 aromatic carbocycles. The van der Waals surface area contributed by atoms with Crippen molar-refractivity contribution in [1.29, 1.82) is 0 Å². The van der Waals surface area contributed by atoms with E-state index in [-0.39, 0.29) is 5.91 Å². The number of halogens is 1. The second kappa shape index (κ2) is 8.54. The molecule has 2 heterocycles. The summed E-state index contributed by atoms with van der Waals surface area (Å²) in [5.41, 5.74) is 1.68. The quantitative estimate of drug-likeness (QED) is 0.847. The number of anilines is 2. The predicted molar refractivity (Wildman–Crippen MR) is 107 cm³/mol. The van der Waals surface area contributed by atoms with E-state index in [1.54, 1.807) is 31.5 Å². The Morgan fingerprint density at radius 3 is 2.63 bits per heavy atom. The van der Waals surface area contributed by atoms with E-state index in [4.69, 9.17) is 16.3 Å². The maximum absolute atomic E-state index is 12.6. The van der Waals surface area contributed by atoms with Crippen molar-refractivity contribution in [2.45, 2.75) is 13.8 Å². The van der Waals surface area contributed by atoms with Gasteiger partial charge in [0.15, 0.2) is 0 Å². The number of rotatable bonds is 5. The standard InChI is InChI=1S/C19H24ClN5O2/c1-4-24-7-9-25(10-8-24)19-21-12-15(13(2)22-19)18(26)23-14-5-6-17(27-3)16(20)11-14/h5-6,11-12H,4,7-10H2,1-3H3,(H,23,26). The van der Waals surface area contributed by atoms with Gasteiger partial charge in [-0.2, -0.15) is 0 Å². The number of hydrogen-bond donors (Lipinski definition) is 1. The van der Waals surface area contributed by atoms with Crippen LogP contribution in [-0.2, 0) is 0 Å². The predicted octanol–water partition coefficient (Wildman–Crippen LogP) is 2.84. The van der Waals surface area contributed by atoms with Crippen molar-refractivity contribution in [3.63, 3.8) is 0 Å². The molecule has 8 heteroatoms. The smallest absolute Gasteiger partial charge is 0.259 e. The molecular formula is C19H24ClN5O2. The third-order valence-corrected chi connectivity index (χ3v) is 5.02. The lowest BCUT2D eigenvalue weighted by molar-refractivity contribution is 0.102. The number of ether oxygens (including phenoxy) is 1. The topological polar surface area (TPSA) is 70.6 Å². The lowest BCUT2D eigenvalue weighted by Crippen LogP contribution is -2.46. The summed E-state index contributed by atoms with van der Waals surface area (Å²) in [6.45, 7) is 8.83. The molecule has 1 aliphatic heterocycles. The molecule has 144 valence electrons. The maximum atomic E-state index is 12.6. The first-order valence-corrected chi connectivity index (χ1v) is 9.35. The number of methoxy groups -OCH3 is 1. The third-order valence-electron chi connectivity index (χ3n) is 4.72. The fourth-order valence-electron chi connectivity index (χ4n) is 3.04. The lowest BCUT2D eigenvalue weighted by Gasteiger charge is -2.34. The van der Waals surface area contributed by atoms with Crippen molar-refractivity contribution in [3.05, 3.63) is 40.7 Å². The third kappa shape index (κ3) is 4.48. The average molecular weight is 390 g/mol. The fourth-order valence-corrected chi connectivity index (χ4v) is 3.29. The van der Waals surface area contributed by atoms with Gasteiger partial charge in [-0.1, -0.05) is 18.5 Å². The molecule has 0 aliphatic carbocycles. The number of nitrogens with one attached hydrogen (secondary N) is 1. The number of hydrogen-bond acceptors (Lipinski definition) is 6. The molecule has 27 heavy (non-hydrogen) atoms.